The summed E-state index contributed by atoms with van der Waals surface area (Å²) in [4.78, 5) is 12.0. The maximum absolute atomic E-state index is 12.0. The van der Waals surface area contributed by atoms with Gasteiger partial charge in [-0.2, -0.15) is 0 Å². The fourth-order valence-electron chi connectivity index (χ4n) is 3.24. The third kappa shape index (κ3) is 5.94. The van der Waals surface area contributed by atoms with Crippen molar-refractivity contribution in [2.45, 2.75) is 71.8 Å². The van der Waals surface area contributed by atoms with E-state index in [4.69, 9.17) is 5.73 Å². The number of hydrogen-bond donors (Lipinski definition) is 2. The molecule has 0 aromatic rings. The number of nitrogens with two attached hydrogens (primary N) is 1. The zero-order valence-corrected chi connectivity index (χ0v) is 13.0. The zero-order valence-electron chi connectivity index (χ0n) is 13.0. The molecular formula is C16H32N2O. The first-order chi connectivity index (χ1) is 9.04. The van der Waals surface area contributed by atoms with E-state index < -0.39 is 0 Å². The number of nitrogens with one attached hydrogen (secondary N) is 1. The molecule has 0 bridgehead atoms. The average molecular weight is 268 g/mol. The summed E-state index contributed by atoms with van der Waals surface area (Å²) in [6, 6.07) is 0.349. The minimum Gasteiger partial charge on any atom is -0.353 e. The minimum absolute atomic E-state index is 0.224. The van der Waals surface area contributed by atoms with Crippen LogP contribution in [-0.2, 0) is 4.79 Å². The standard InChI is InChI=1S/C16H32N2O/c1-12(2)14(10-11-17)8-9-16(19)18-13(3)15-6-4-5-7-15/h12-15H,4-11,17H2,1-3H3,(H,18,19)/t13-,14?/m1/s1. The number of carbonyl (C=O) groups excluding carboxylic acids is 1. The molecule has 0 aromatic carbocycles. The predicted molar refractivity (Wildman–Crippen MR) is 80.8 cm³/mol. The van der Waals surface area contributed by atoms with Crippen LogP contribution in [0.4, 0.5) is 0 Å². The lowest BCUT2D eigenvalue weighted by Gasteiger charge is -2.22. The van der Waals surface area contributed by atoms with Gasteiger partial charge in [-0.25, -0.2) is 0 Å². The lowest BCUT2D eigenvalue weighted by Crippen LogP contribution is -2.37. The lowest BCUT2D eigenvalue weighted by atomic mass is 9.88. The molecule has 1 rings (SSSR count). The van der Waals surface area contributed by atoms with Crippen molar-refractivity contribution in [3.63, 3.8) is 0 Å². The van der Waals surface area contributed by atoms with Crippen LogP contribution >= 0.6 is 0 Å². The lowest BCUT2D eigenvalue weighted by molar-refractivity contribution is -0.122. The first kappa shape index (κ1) is 16.5. The van der Waals surface area contributed by atoms with Crippen molar-refractivity contribution in [2.75, 3.05) is 6.54 Å². The molecule has 0 radical (unpaired) electrons. The van der Waals surface area contributed by atoms with Gasteiger partial charge in [-0.3, -0.25) is 4.79 Å². The first-order valence-corrected chi connectivity index (χ1v) is 8.04. The van der Waals surface area contributed by atoms with E-state index in [1.807, 2.05) is 0 Å². The van der Waals surface area contributed by atoms with Crippen LogP contribution in [0.5, 0.6) is 0 Å². The second-order valence-electron chi connectivity index (χ2n) is 6.52. The van der Waals surface area contributed by atoms with Crippen LogP contribution in [0, 0.1) is 17.8 Å². The summed E-state index contributed by atoms with van der Waals surface area (Å²) in [6.07, 6.45) is 7.88. The molecule has 3 heteroatoms. The van der Waals surface area contributed by atoms with Gasteiger partial charge in [-0.15, -0.1) is 0 Å². The summed E-state index contributed by atoms with van der Waals surface area (Å²) in [5, 5.41) is 3.19. The van der Waals surface area contributed by atoms with E-state index in [1.165, 1.54) is 25.7 Å². The van der Waals surface area contributed by atoms with Gasteiger partial charge in [0.15, 0.2) is 0 Å². The largest absolute Gasteiger partial charge is 0.353 e. The Labute approximate surface area is 118 Å². The SMILES string of the molecule is CC(C)C(CCN)CCC(=O)N[C@H](C)C1CCCC1. The van der Waals surface area contributed by atoms with E-state index in [-0.39, 0.29) is 5.91 Å². The van der Waals surface area contributed by atoms with Gasteiger partial charge in [0, 0.05) is 12.5 Å². The van der Waals surface area contributed by atoms with Crippen LogP contribution < -0.4 is 11.1 Å². The Hall–Kier alpha value is -0.570. The molecule has 1 aliphatic rings. The van der Waals surface area contributed by atoms with Crippen molar-refractivity contribution in [1.82, 2.24) is 5.32 Å². The molecule has 1 unspecified atom stereocenters. The minimum atomic E-state index is 0.224. The Balaban J connectivity index is 2.25. The maximum atomic E-state index is 12.0. The van der Waals surface area contributed by atoms with Crippen molar-refractivity contribution in [1.29, 1.82) is 0 Å². The van der Waals surface area contributed by atoms with Crippen molar-refractivity contribution >= 4 is 5.91 Å². The molecule has 0 saturated heterocycles. The average Bonchev–Trinajstić information content (AvgIpc) is 2.87. The topological polar surface area (TPSA) is 55.1 Å². The third-order valence-corrected chi connectivity index (χ3v) is 4.72. The van der Waals surface area contributed by atoms with Crippen molar-refractivity contribution < 1.29 is 4.79 Å². The summed E-state index contributed by atoms with van der Waals surface area (Å²) in [5.41, 5.74) is 5.64. The zero-order chi connectivity index (χ0) is 14.3. The van der Waals surface area contributed by atoms with Gasteiger partial charge in [0.2, 0.25) is 5.91 Å². The molecule has 0 spiro atoms. The highest BCUT2D eigenvalue weighted by Crippen LogP contribution is 2.27. The second kappa shape index (κ2) is 8.57. The molecule has 2 atom stereocenters. The highest BCUT2D eigenvalue weighted by atomic mass is 16.1. The summed E-state index contributed by atoms with van der Waals surface area (Å²) in [6.45, 7) is 7.33. The number of rotatable bonds is 8. The maximum Gasteiger partial charge on any atom is 0.220 e. The molecule has 3 nitrogen and oxygen atoms in total. The number of hydrogen-bond acceptors (Lipinski definition) is 2. The fourth-order valence-corrected chi connectivity index (χ4v) is 3.24. The molecule has 1 fully saturated rings. The first-order valence-electron chi connectivity index (χ1n) is 8.04. The quantitative estimate of drug-likeness (QED) is 0.711. The molecule has 1 saturated carbocycles. The Bertz CT molecular complexity index is 259. The van der Waals surface area contributed by atoms with Crippen molar-refractivity contribution in [2.24, 2.45) is 23.5 Å². The van der Waals surface area contributed by atoms with Crippen LogP contribution in [0.3, 0.4) is 0 Å². The summed E-state index contributed by atoms with van der Waals surface area (Å²) in [7, 11) is 0. The van der Waals surface area contributed by atoms with Gasteiger partial charge in [0.25, 0.3) is 0 Å². The van der Waals surface area contributed by atoms with Gasteiger partial charge >= 0.3 is 0 Å². The van der Waals surface area contributed by atoms with Crippen molar-refractivity contribution in [3.8, 4) is 0 Å². The van der Waals surface area contributed by atoms with E-state index in [1.54, 1.807) is 0 Å². The monoisotopic (exact) mass is 268 g/mol. The van der Waals surface area contributed by atoms with Gasteiger partial charge in [-0.05, 0) is 56.9 Å². The van der Waals surface area contributed by atoms with Crippen LogP contribution in [0.25, 0.3) is 0 Å². The fraction of sp³-hybridized carbons (Fsp3) is 0.938. The highest BCUT2D eigenvalue weighted by molar-refractivity contribution is 5.76. The van der Waals surface area contributed by atoms with E-state index in [0.717, 1.165) is 19.4 Å². The van der Waals surface area contributed by atoms with E-state index in [0.29, 0.717) is 30.2 Å². The summed E-state index contributed by atoms with van der Waals surface area (Å²) >= 11 is 0. The smallest absolute Gasteiger partial charge is 0.220 e. The third-order valence-electron chi connectivity index (χ3n) is 4.72. The van der Waals surface area contributed by atoms with Gasteiger partial charge in [0.05, 0.1) is 0 Å². The van der Waals surface area contributed by atoms with Gasteiger partial charge in [-0.1, -0.05) is 26.7 Å². The molecule has 19 heavy (non-hydrogen) atoms. The Morgan fingerprint density at radius 3 is 2.37 bits per heavy atom. The molecule has 1 amide bonds. The highest BCUT2D eigenvalue weighted by Gasteiger charge is 2.23. The molecule has 112 valence electrons. The van der Waals surface area contributed by atoms with Crippen LogP contribution in [-0.4, -0.2) is 18.5 Å². The summed E-state index contributed by atoms with van der Waals surface area (Å²) in [5.74, 6) is 2.12. The summed E-state index contributed by atoms with van der Waals surface area (Å²) < 4.78 is 0. The van der Waals surface area contributed by atoms with Gasteiger partial charge < -0.3 is 11.1 Å². The van der Waals surface area contributed by atoms with Crippen LogP contribution in [0.2, 0.25) is 0 Å². The molecule has 0 aromatic heterocycles. The van der Waals surface area contributed by atoms with Crippen LogP contribution in [0.1, 0.15) is 65.7 Å². The number of amides is 1. The predicted octanol–water partition coefficient (Wildman–Crippen LogP) is 3.08. The molecule has 1 aliphatic carbocycles. The normalized spacial score (nSPS) is 19.6. The Morgan fingerprint density at radius 1 is 1.21 bits per heavy atom. The molecular weight excluding hydrogens is 236 g/mol. The van der Waals surface area contributed by atoms with Gasteiger partial charge in [0.1, 0.15) is 0 Å². The number of carbonyl (C=O) groups is 1. The molecule has 0 heterocycles. The van der Waals surface area contributed by atoms with E-state index in [2.05, 4.69) is 26.1 Å². The Morgan fingerprint density at radius 2 is 1.84 bits per heavy atom. The molecule has 3 N–H and O–H groups in total. The van der Waals surface area contributed by atoms with E-state index in [9.17, 15) is 4.79 Å². The Kier molecular flexibility index (Phi) is 7.44. The van der Waals surface area contributed by atoms with E-state index >= 15 is 0 Å². The van der Waals surface area contributed by atoms with Crippen molar-refractivity contribution in [3.05, 3.63) is 0 Å². The molecule has 0 aliphatic heterocycles. The second-order valence-corrected chi connectivity index (χ2v) is 6.52. The van der Waals surface area contributed by atoms with Crippen LogP contribution in [0.15, 0.2) is 0 Å².